The molecular formula is C15H28N2O3. The molecule has 0 aromatic rings. The highest BCUT2D eigenvalue weighted by Crippen LogP contribution is 2.48. The van der Waals surface area contributed by atoms with E-state index in [0.717, 1.165) is 25.9 Å². The van der Waals surface area contributed by atoms with Crippen molar-refractivity contribution in [2.45, 2.75) is 45.1 Å². The maximum Gasteiger partial charge on any atom is 0.315 e. The highest BCUT2D eigenvalue weighted by Gasteiger charge is 2.47. The summed E-state index contributed by atoms with van der Waals surface area (Å²) in [4.78, 5) is 11.9. The number of aliphatic hydroxyl groups is 1. The van der Waals surface area contributed by atoms with E-state index in [0.29, 0.717) is 25.0 Å². The zero-order valence-corrected chi connectivity index (χ0v) is 12.4. The molecule has 0 aromatic heterocycles. The van der Waals surface area contributed by atoms with Crippen molar-refractivity contribution in [3.8, 4) is 0 Å². The van der Waals surface area contributed by atoms with Crippen molar-refractivity contribution in [3.05, 3.63) is 0 Å². The van der Waals surface area contributed by atoms with E-state index >= 15 is 0 Å². The van der Waals surface area contributed by atoms with Crippen molar-refractivity contribution >= 4 is 6.03 Å². The third-order valence-corrected chi connectivity index (χ3v) is 4.77. The molecule has 2 aliphatic rings. The van der Waals surface area contributed by atoms with Gasteiger partial charge in [0.15, 0.2) is 0 Å². The number of hydrogen-bond donors (Lipinski definition) is 3. The number of amides is 2. The van der Waals surface area contributed by atoms with Crippen LogP contribution in [-0.2, 0) is 4.74 Å². The first-order valence-electron chi connectivity index (χ1n) is 7.99. The molecule has 0 radical (unpaired) electrons. The van der Waals surface area contributed by atoms with Crippen molar-refractivity contribution in [2.75, 3.05) is 26.4 Å². The summed E-state index contributed by atoms with van der Waals surface area (Å²) in [5.41, 5.74) is 0. The highest BCUT2D eigenvalue weighted by molar-refractivity contribution is 5.74. The van der Waals surface area contributed by atoms with Gasteiger partial charge in [0.2, 0.25) is 0 Å². The summed E-state index contributed by atoms with van der Waals surface area (Å²) in [6, 6.07) is 0.0276. The first kappa shape index (κ1) is 15.6. The minimum Gasteiger partial charge on any atom is -0.396 e. The molecule has 0 aliphatic heterocycles. The highest BCUT2D eigenvalue weighted by atomic mass is 16.5. The quantitative estimate of drug-likeness (QED) is 0.592. The van der Waals surface area contributed by atoms with E-state index in [-0.39, 0.29) is 24.6 Å². The maximum atomic E-state index is 11.9. The number of ether oxygens (including phenoxy) is 1. The van der Waals surface area contributed by atoms with Gasteiger partial charge in [-0.25, -0.2) is 4.79 Å². The molecule has 2 aliphatic carbocycles. The molecule has 5 nitrogen and oxygen atoms in total. The molecule has 116 valence electrons. The lowest BCUT2D eigenvalue weighted by atomic mass is 9.85. The van der Waals surface area contributed by atoms with E-state index < -0.39 is 0 Å². The van der Waals surface area contributed by atoms with E-state index in [1.807, 2.05) is 0 Å². The molecular weight excluding hydrogens is 256 g/mol. The molecule has 0 spiro atoms. The SMILES string of the molecule is CCCCOCCNC(=O)NC1C2CCC(C2)C1CO. The van der Waals surface area contributed by atoms with E-state index in [1.165, 1.54) is 12.8 Å². The predicted octanol–water partition coefficient (Wildman–Crippen LogP) is 1.51. The topological polar surface area (TPSA) is 70.6 Å². The van der Waals surface area contributed by atoms with Crippen LogP contribution in [0.5, 0.6) is 0 Å². The number of fused-ring (bicyclic) bond motifs is 2. The van der Waals surface area contributed by atoms with Gasteiger partial charge in [-0.05, 0) is 37.5 Å². The standard InChI is InChI=1S/C15H28N2O3/c1-2-3-7-20-8-6-16-15(19)17-14-12-5-4-11(9-12)13(14)10-18/h11-14,18H,2-10H2,1H3,(H2,16,17,19). The molecule has 5 heteroatoms. The number of urea groups is 1. The minimum absolute atomic E-state index is 0.125. The summed E-state index contributed by atoms with van der Waals surface area (Å²) >= 11 is 0. The number of nitrogens with one attached hydrogen (secondary N) is 2. The van der Waals surface area contributed by atoms with Crippen LogP contribution < -0.4 is 10.6 Å². The first-order chi connectivity index (χ1) is 9.76. The molecule has 2 bridgehead atoms. The summed E-state index contributed by atoms with van der Waals surface area (Å²) in [5.74, 6) is 1.41. The average molecular weight is 284 g/mol. The smallest absolute Gasteiger partial charge is 0.315 e. The van der Waals surface area contributed by atoms with E-state index in [9.17, 15) is 9.90 Å². The summed E-state index contributed by atoms with van der Waals surface area (Å²) in [5, 5.41) is 15.4. The molecule has 0 heterocycles. The van der Waals surface area contributed by atoms with Gasteiger partial charge in [-0.2, -0.15) is 0 Å². The van der Waals surface area contributed by atoms with Gasteiger partial charge in [0.1, 0.15) is 0 Å². The van der Waals surface area contributed by atoms with Gasteiger partial charge < -0.3 is 20.5 Å². The van der Waals surface area contributed by atoms with Gasteiger partial charge in [0, 0.05) is 31.7 Å². The lowest BCUT2D eigenvalue weighted by molar-refractivity contribution is 0.130. The Kier molecular flexibility index (Phi) is 6.10. The summed E-state index contributed by atoms with van der Waals surface area (Å²) in [6.07, 6.45) is 5.75. The molecule has 3 N–H and O–H groups in total. The Bertz CT molecular complexity index is 311. The fraction of sp³-hybridized carbons (Fsp3) is 0.933. The number of carbonyl (C=O) groups excluding carboxylic acids is 1. The van der Waals surface area contributed by atoms with Crippen molar-refractivity contribution in [2.24, 2.45) is 17.8 Å². The van der Waals surface area contributed by atoms with Crippen LogP contribution in [0.25, 0.3) is 0 Å². The lowest BCUT2D eigenvalue weighted by Crippen LogP contribution is -2.49. The normalized spacial score (nSPS) is 31.5. The second kappa shape index (κ2) is 7.84. The third kappa shape index (κ3) is 3.85. The lowest BCUT2D eigenvalue weighted by Gasteiger charge is -2.30. The predicted molar refractivity (Wildman–Crippen MR) is 77.5 cm³/mol. The van der Waals surface area contributed by atoms with Crippen molar-refractivity contribution in [3.63, 3.8) is 0 Å². The number of unbranched alkanes of at least 4 members (excludes halogenated alkanes) is 1. The Morgan fingerprint density at radius 1 is 1.30 bits per heavy atom. The van der Waals surface area contributed by atoms with Crippen LogP contribution in [0.3, 0.4) is 0 Å². The van der Waals surface area contributed by atoms with E-state index in [2.05, 4.69) is 17.6 Å². The van der Waals surface area contributed by atoms with E-state index in [4.69, 9.17) is 4.74 Å². The molecule has 2 rings (SSSR count). The van der Waals surface area contributed by atoms with Gasteiger partial charge in [-0.1, -0.05) is 13.3 Å². The van der Waals surface area contributed by atoms with Crippen LogP contribution in [-0.4, -0.2) is 43.5 Å². The van der Waals surface area contributed by atoms with Crippen LogP contribution in [0, 0.1) is 17.8 Å². The van der Waals surface area contributed by atoms with Crippen LogP contribution in [0.4, 0.5) is 4.79 Å². The summed E-state index contributed by atoms with van der Waals surface area (Å²) in [7, 11) is 0. The Hall–Kier alpha value is -0.810. The number of hydrogen-bond acceptors (Lipinski definition) is 3. The molecule has 20 heavy (non-hydrogen) atoms. The van der Waals surface area contributed by atoms with Gasteiger partial charge in [0.25, 0.3) is 0 Å². The molecule has 2 fully saturated rings. The van der Waals surface area contributed by atoms with E-state index in [1.54, 1.807) is 0 Å². The Labute approximate surface area is 121 Å². The third-order valence-electron chi connectivity index (χ3n) is 4.77. The van der Waals surface area contributed by atoms with Gasteiger partial charge in [-0.3, -0.25) is 0 Å². The van der Waals surface area contributed by atoms with Crippen LogP contribution in [0.15, 0.2) is 0 Å². The molecule has 2 saturated carbocycles. The first-order valence-corrected chi connectivity index (χ1v) is 7.99. The Balaban J connectivity index is 1.62. The maximum absolute atomic E-state index is 11.9. The van der Waals surface area contributed by atoms with Gasteiger partial charge in [0.05, 0.1) is 6.61 Å². The number of carbonyl (C=O) groups is 1. The molecule has 0 saturated heterocycles. The fourth-order valence-electron chi connectivity index (χ4n) is 3.69. The second-order valence-electron chi connectivity index (χ2n) is 6.07. The minimum atomic E-state index is -0.125. The zero-order chi connectivity index (χ0) is 14.4. The number of aliphatic hydroxyl groups excluding tert-OH is 1. The summed E-state index contributed by atoms with van der Waals surface area (Å²) in [6.45, 7) is 4.18. The van der Waals surface area contributed by atoms with Gasteiger partial charge >= 0.3 is 6.03 Å². The monoisotopic (exact) mass is 284 g/mol. The van der Waals surface area contributed by atoms with Crippen LogP contribution in [0.1, 0.15) is 39.0 Å². The van der Waals surface area contributed by atoms with Crippen molar-refractivity contribution in [1.29, 1.82) is 0 Å². The van der Waals surface area contributed by atoms with Crippen molar-refractivity contribution < 1.29 is 14.6 Å². The zero-order valence-electron chi connectivity index (χ0n) is 12.4. The Morgan fingerprint density at radius 3 is 2.85 bits per heavy atom. The average Bonchev–Trinajstić information content (AvgIpc) is 3.03. The molecule has 0 aromatic carbocycles. The largest absolute Gasteiger partial charge is 0.396 e. The molecule has 4 atom stereocenters. The molecule has 2 amide bonds. The number of rotatable bonds is 8. The van der Waals surface area contributed by atoms with Crippen LogP contribution in [0.2, 0.25) is 0 Å². The fourth-order valence-corrected chi connectivity index (χ4v) is 3.69. The van der Waals surface area contributed by atoms with Crippen LogP contribution >= 0.6 is 0 Å². The Morgan fingerprint density at radius 2 is 2.10 bits per heavy atom. The van der Waals surface area contributed by atoms with Gasteiger partial charge in [-0.15, -0.1) is 0 Å². The van der Waals surface area contributed by atoms with Crippen molar-refractivity contribution in [1.82, 2.24) is 10.6 Å². The second-order valence-corrected chi connectivity index (χ2v) is 6.07. The summed E-state index contributed by atoms with van der Waals surface area (Å²) < 4.78 is 5.40. The molecule has 4 unspecified atom stereocenters.